The van der Waals surface area contributed by atoms with Crippen molar-refractivity contribution in [3.63, 3.8) is 0 Å². The van der Waals surface area contributed by atoms with Crippen molar-refractivity contribution in [3.05, 3.63) is 30.3 Å². The summed E-state index contributed by atoms with van der Waals surface area (Å²) in [5.74, 6) is 0.321. The second-order valence-corrected chi connectivity index (χ2v) is 4.06. The van der Waals surface area contributed by atoms with Gasteiger partial charge >= 0.3 is 0 Å². The van der Waals surface area contributed by atoms with Crippen molar-refractivity contribution in [2.45, 2.75) is 13.0 Å². The molecule has 2 aromatic rings. The van der Waals surface area contributed by atoms with E-state index in [1.54, 1.807) is 6.92 Å². The Morgan fingerprint density at radius 3 is 2.84 bits per heavy atom. The number of hydrogen-bond acceptors (Lipinski definition) is 5. The molecule has 1 aromatic heterocycles. The molecule has 100 valence electrons. The Bertz CT molecular complexity index is 538. The van der Waals surface area contributed by atoms with E-state index in [9.17, 15) is 4.79 Å². The smallest absolute Gasteiger partial charge is 0.246 e. The number of nitrogens with one attached hydrogen (secondary N) is 1. The first-order valence-electron chi connectivity index (χ1n) is 6.05. The van der Waals surface area contributed by atoms with Crippen LogP contribution >= 0.6 is 0 Å². The first-order chi connectivity index (χ1) is 9.22. The van der Waals surface area contributed by atoms with Crippen LogP contribution in [0.4, 0.5) is 0 Å². The standard InChI is InChI=1S/C12H16N6O/c1-9(12(19)14-8-7-13)18-16-11(15-17-18)10-5-3-2-4-6-10/h2-6,9H,7-8,13H2,1H3,(H,14,19). The summed E-state index contributed by atoms with van der Waals surface area (Å²) < 4.78 is 0. The highest BCUT2D eigenvalue weighted by atomic mass is 16.2. The number of nitrogens with two attached hydrogens (primary N) is 1. The van der Waals surface area contributed by atoms with Crippen LogP contribution in [0.3, 0.4) is 0 Å². The van der Waals surface area contributed by atoms with E-state index in [0.717, 1.165) is 5.56 Å². The summed E-state index contributed by atoms with van der Waals surface area (Å²) >= 11 is 0. The second-order valence-electron chi connectivity index (χ2n) is 4.06. The number of carbonyl (C=O) groups excluding carboxylic acids is 1. The van der Waals surface area contributed by atoms with Gasteiger partial charge in [0.25, 0.3) is 0 Å². The van der Waals surface area contributed by atoms with E-state index in [2.05, 4.69) is 20.7 Å². The molecule has 1 amide bonds. The number of amides is 1. The van der Waals surface area contributed by atoms with Gasteiger partial charge in [-0.05, 0) is 12.1 Å². The van der Waals surface area contributed by atoms with Crippen molar-refractivity contribution < 1.29 is 4.79 Å². The molecule has 0 aliphatic heterocycles. The summed E-state index contributed by atoms with van der Waals surface area (Å²) in [7, 11) is 0. The fourth-order valence-electron chi connectivity index (χ4n) is 1.54. The molecule has 0 spiro atoms. The van der Waals surface area contributed by atoms with Gasteiger partial charge in [-0.15, -0.1) is 10.2 Å². The third kappa shape index (κ3) is 3.14. The molecule has 2 rings (SSSR count). The molecule has 19 heavy (non-hydrogen) atoms. The fraction of sp³-hybridized carbons (Fsp3) is 0.333. The quantitative estimate of drug-likeness (QED) is 0.787. The molecule has 1 aromatic carbocycles. The zero-order valence-electron chi connectivity index (χ0n) is 10.7. The topological polar surface area (TPSA) is 98.7 Å². The van der Waals surface area contributed by atoms with E-state index in [1.807, 2.05) is 30.3 Å². The van der Waals surface area contributed by atoms with Crippen LogP contribution in [0.2, 0.25) is 0 Å². The molecule has 0 aliphatic rings. The average molecular weight is 260 g/mol. The van der Waals surface area contributed by atoms with Gasteiger partial charge in [-0.2, -0.15) is 4.80 Å². The predicted molar refractivity (Wildman–Crippen MR) is 70.0 cm³/mol. The van der Waals surface area contributed by atoms with Gasteiger partial charge in [-0.25, -0.2) is 0 Å². The monoisotopic (exact) mass is 260 g/mol. The van der Waals surface area contributed by atoms with Crippen LogP contribution in [0.1, 0.15) is 13.0 Å². The van der Waals surface area contributed by atoms with Crippen LogP contribution in [0, 0.1) is 0 Å². The Morgan fingerprint density at radius 1 is 1.42 bits per heavy atom. The van der Waals surface area contributed by atoms with Gasteiger partial charge in [0.15, 0.2) is 0 Å². The molecule has 0 aliphatic carbocycles. The molecule has 0 bridgehead atoms. The van der Waals surface area contributed by atoms with Gasteiger partial charge in [0.05, 0.1) is 0 Å². The molecule has 0 fully saturated rings. The van der Waals surface area contributed by atoms with E-state index < -0.39 is 6.04 Å². The number of carbonyl (C=O) groups is 1. The lowest BCUT2D eigenvalue weighted by Crippen LogP contribution is -2.35. The minimum absolute atomic E-state index is 0.178. The number of rotatable bonds is 5. The maximum atomic E-state index is 11.8. The number of tetrazole rings is 1. The number of benzene rings is 1. The van der Waals surface area contributed by atoms with E-state index in [4.69, 9.17) is 5.73 Å². The van der Waals surface area contributed by atoms with Gasteiger partial charge in [-0.1, -0.05) is 30.3 Å². The summed E-state index contributed by atoms with van der Waals surface area (Å²) in [6.07, 6.45) is 0. The largest absolute Gasteiger partial charge is 0.353 e. The minimum Gasteiger partial charge on any atom is -0.353 e. The van der Waals surface area contributed by atoms with Crippen molar-refractivity contribution >= 4 is 5.91 Å². The maximum absolute atomic E-state index is 11.8. The van der Waals surface area contributed by atoms with Crippen molar-refractivity contribution in [2.75, 3.05) is 13.1 Å². The van der Waals surface area contributed by atoms with Gasteiger partial charge in [-0.3, -0.25) is 4.79 Å². The molecule has 7 nitrogen and oxygen atoms in total. The highest BCUT2D eigenvalue weighted by Gasteiger charge is 2.17. The van der Waals surface area contributed by atoms with E-state index in [0.29, 0.717) is 18.9 Å². The van der Waals surface area contributed by atoms with Crippen LogP contribution in [-0.4, -0.2) is 39.2 Å². The summed E-state index contributed by atoms with van der Waals surface area (Å²) in [6.45, 7) is 2.55. The molecule has 0 radical (unpaired) electrons. The third-order valence-electron chi connectivity index (χ3n) is 2.63. The van der Waals surface area contributed by atoms with Gasteiger partial charge in [0.1, 0.15) is 6.04 Å². The Balaban J connectivity index is 2.11. The Hall–Kier alpha value is -2.28. The Labute approximate surface area is 110 Å². The Kier molecular flexibility index (Phi) is 4.19. The first kappa shape index (κ1) is 13.2. The molecular weight excluding hydrogens is 244 g/mol. The minimum atomic E-state index is -0.517. The first-order valence-corrected chi connectivity index (χ1v) is 6.05. The zero-order chi connectivity index (χ0) is 13.7. The fourth-order valence-corrected chi connectivity index (χ4v) is 1.54. The lowest BCUT2D eigenvalue weighted by Gasteiger charge is -2.09. The molecule has 3 N–H and O–H groups in total. The number of hydrogen-bond donors (Lipinski definition) is 2. The molecule has 7 heteroatoms. The van der Waals surface area contributed by atoms with Crippen LogP contribution in [0.15, 0.2) is 30.3 Å². The number of nitrogens with zero attached hydrogens (tertiary/aromatic N) is 4. The molecule has 0 saturated carbocycles. The number of aromatic nitrogens is 4. The second kappa shape index (κ2) is 6.05. The van der Waals surface area contributed by atoms with Crippen molar-refractivity contribution in [2.24, 2.45) is 5.73 Å². The highest BCUT2D eigenvalue weighted by molar-refractivity contribution is 5.79. The van der Waals surface area contributed by atoms with Gasteiger partial charge < -0.3 is 11.1 Å². The van der Waals surface area contributed by atoms with E-state index >= 15 is 0 Å². The zero-order valence-corrected chi connectivity index (χ0v) is 10.7. The van der Waals surface area contributed by atoms with E-state index in [1.165, 1.54) is 4.80 Å². The summed E-state index contributed by atoms with van der Waals surface area (Å²) in [5.41, 5.74) is 6.19. The van der Waals surface area contributed by atoms with Gasteiger partial charge in [0, 0.05) is 18.7 Å². The molecule has 1 heterocycles. The average Bonchev–Trinajstić information content (AvgIpc) is 2.94. The van der Waals surface area contributed by atoms with Crippen LogP contribution in [0.25, 0.3) is 11.4 Å². The van der Waals surface area contributed by atoms with Crippen LogP contribution in [0.5, 0.6) is 0 Å². The normalized spacial score (nSPS) is 12.1. The highest BCUT2D eigenvalue weighted by Crippen LogP contribution is 2.13. The van der Waals surface area contributed by atoms with Crippen molar-refractivity contribution in [1.82, 2.24) is 25.5 Å². The van der Waals surface area contributed by atoms with Crippen LogP contribution in [-0.2, 0) is 4.79 Å². The molecular formula is C12H16N6O. The van der Waals surface area contributed by atoms with Crippen LogP contribution < -0.4 is 11.1 Å². The van der Waals surface area contributed by atoms with Gasteiger partial charge in [0.2, 0.25) is 11.7 Å². The molecule has 1 unspecified atom stereocenters. The maximum Gasteiger partial charge on any atom is 0.246 e. The summed E-state index contributed by atoms with van der Waals surface area (Å²) in [4.78, 5) is 13.1. The third-order valence-corrected chi connectivity index (χ3v) is 2.63. The summed E-state index contributed by atoms with van der Waals surface area (Å²) in [6, 6.07) is 8.97. The predicted octanol–water partition coefficient (Wildman–Crippen LogP) is -0.0240. The Morgan fingerprint density at radius 2 is 2.16 bits per heavy atom. The summed E-state index contributed by atoms with van der Waals surface area (Å²) in [5, 5.41) is 14.8. The molecule has 0 saturated heterocycles. The van der Waals surface area contributed by atoms with Crippen molar-refractivity contribution in [1.29, 1.82) is 0 Å². The lowest BCUT2D eigenvalue weighted by molar-refractivity contribution is -0.124. The lowest BCUT2D eigenvalue weighted by atomic mass is 10.2. The molecule has 1 atom stereocenters. The van der Waals surface area contributed by atoms with Crippen molar-refractivity contribution in [3.8, 4) is 11.4 Å². The SMILES string of the molecule is CC(C(=O)NCCN)n1nnc(-c2ccccc2)n1. The van der Waals surface area contributed by atoms with E-state index in [-0.39, 0.29) is 5.91 Å².